The molecule has 0 saturated carbocycles. The summed E-state index contributed by atoms with van der Waals surface area (Å²) in [6, 6.07) is 0. The Morgan fingerprint density at radius 2 is 2.19 bits per heavy atom. The minimum Gasteiger partial charge on any atom is -0.461 e. The van der Waals surface area contributed by atoms with Gasteiger partial charge in [-0.05, 0) is 18.4 Å². The van der Waals surface area contributed by atoms with Crippen molar-refractivity contribution < 1.29 is 14.6 Å². The number of allylic oxidation sites excluding steroid dienone is 1. The van der Waals surface area contributed by atoms with E-state index in [4.69, 9.17) is 4.74 Å². The molecule has 16 heavy (non-hydrogen) atoms. The van der Waals surface area contributed by atoms with Gasteiger partial charge in [0, 0.05) is 0 Å². The summed E-state index contributed by atoms with van der Waals surface area (Å²) < 4.78 is 4.82. The van der Waals surface area contributed by atoms with Gasteiger partial charge in [0.25, 0.3) is 0 Å². The van der Waals surface area contributed by atoms with Crippen LogP contribution in [0.1, 0.15) is 39.5 Å². The van der Waals surface area contributed by atoms with Crippen LogP contribution in [0.3, 0.4) is 0 Å². The van der Waals surface area contributed by atoms with Crippen LogP contribution in [0.5, 0.6) is 0 Å². The first-order chi connectivity index (χ1) is 7.65. The van der Waals surface area contributed by atoms with Gasteiger partial charge in [0.1, 0.15) is 6.61 Å². The highest BCUT2D eigenvalue weighted by molar-refractivity contribution is 5.70. The van der Waals surface area contributed by atoms with Crippen LogP contribution < -0.4 is 0 Å². The molecule has 0 fully saturated rings. The van der Waals surface area contributed by atoms with E-state index in [1.54, 1.807) is 0 Å². The highest BCUT2D eigenvalue weighted by Crippen LogP contribution is 2.13. The summed E-state index contributed by atoms with van der Waals surface area (Å²) in [5, 5.41) is 9.81. The summed E-state index contributed by atoms with van der Waals surface area (Å²) in [6.07, 6.45) is 5.56. The molecule has 0 aliphatic carbocycles. The number of ether oxygens (including phenoxy) is 1. The monoisotopic (exact) mass is 226 g/mol. The lowest BCUT2D eigenvalue weighted by Crippen LogP contribution is -2.18. The molecule has 0 aromatic carbocycles. The first kappa shape index (κ1) is 14.9. The Morgan fingerprint density at radius 1 is 1.50 bits per heavy atom. The van der Waals surface area contributed by atoms with E-state index in [1.807, 2.05) is 13.0 Å². The fraction of sp³-hybridized carbons (Fsp3) is 0.615. The summed E-state index contributed by atoms with van der Waals surface area (Å²) in [4.78, 5) is 11.2. The molecule has 0 spiro atoms. The maximum Gasteiger partial charge on any atom is 0.309 e. The summed E-state index contributed by atoms with van der Waals surface area (Å²) in [5.41, 5.74) is 0.914. The standard InChI is InChI=1S/C13H22O3/c1-4-7-8-11(6-3)12(14)10-13(15)16-9-5-2/h5,8,12,14H,2,4,6-7,9-10H2,1,3H3. The minimum atomic E-state index is -0.714. The van der Waals surface area contributed by atoms with Gasteiger partial charge in [-0.25, -0.2) is 0 Å². The number of hydrogen-bond acceptors (Lipinski definition) is 3. The highest BCUT2D eigenvalue weighted by Gasteiger charge is 2.14. The molecule has 3 nitrogen and oxygen atoms in total. The van der Waals surface area contributed by atoms with Gasteiger partial charge in [-0.15, -0.1) is 0 Å². The van der Waals surface area contributed by atoms with E-state index in [0.29, 0.717) is 0 Å². The van der Waals surface area contributed by atoms with E-state index in [1.165, 1.54) is 6.08 Å². The predicted molar refractivity (Wildman–Crippen MR) is 65.1 cm³/mol. The molecular formula is C13H22O3. The molecule has 0 heterocycles. The van der Waals surface area contributed by atoms with Crippen LogP contribution in [-0.4, -0.2) is 23.8 Å². The molecule has 0 aliphatic rings. The van der Waals surface area contributed by atoms with E-state index in [9.17, 15) is 9.90 Å². The van der Waals surface area contributed by atoms with Gasteiger partial charge in [0.05, 0.1) is 12.5 Å². The maximum atomic E-state index is 11.2. The molecule has 1 N–H and O–H groups in total. The SMILES string of the molecule is C=CCOC(=O)CC(O)C(=CCCC)CC. The van der Waals surface area contributed by atoms with Crippen molar-refractivity contribution >= 4 is 5.97 Å². The smallest absolute Gasteiger partial charge is 0.309 e. The van der Waals surface area contributed by atoms with Crippen LogP contribution in [0.4, 0.5) is 0 Å². The molecule has 0 bridgehead atoms. The van der Waals surface area contributed by atoms with Crippen molar-refractivity contribution in [3.8, 4) is 0 Å². The van der Waals surface area contributed by atoms with Gasteiger partial charge in [-0.3, -0.25) is 4.79 Å². The Labute approximate surface area is 97.8 Å². The van der Waals surface area contributed by atoms with Crippen LogP contribution in [0, 0.1) is 0 Å². The number of carbonyl (C=O) groups is 1. The van der Waals surface area contributed by atoms with Gasteiger partial charge in [0.15, 0.2) is 0 Å². The Balaban J connectivity index is 4.14. The molecule has 92 valence electrons. The summed E-state index contributed by atoms with van der Waals surface area (Å²) in [5.74, 6) is -0.386. The molecule has 1 unspecified atom stereocenters. The second-order valence-corrected chi connectivity index (χ2v) is 3.61. The van der Waals surface area contributed by atoms with Crippen molar-refractivity contribution in [2.45, 2.75) is 45.6 Å². The lowest BCUT2D eigenvalue weighted by molar-refractivity contribution is -0.144. The van der Waals surface area contributed by atoms with Gasteiger partial charge in [-0.2, -0.15) is 0 Å². The average Bonchev–Trinajstić information content (AvgIpc) is 2.27. The van der Waals surface area contributed by atoms with Crippen LogP contribution >= 0.6 is 0 Å². The van der Waals surface area contributed by atoms with Crippen LogP contribution in [0.2, 0.25) is 0 Å². The van der Waals surface area contributed by atoms with Crippen molar-refractivity contribution in [3.63, 3.8) is 0 Å². The molecule has 1 atom stereocenters. The Hall–Kier alpha value is -1.09. The minimum absolute atomic E-state index is 0.0250. The third-order valence-electron chi connectivity index (χ3n) is 2.25. The number of hydrogen-bond donors (Lipinski definition) is 1. The zero-order valence-corrected chi connectivity index (χ0v) is 10.2. The molecule has 0 aromatic heterocycles. The number of aliphatic hydroxyl groups excluding tert-OH is 1. The largest absolute Gasteiger partial charge is 0.461 e. The molecule has 0 saturated heterocycles. The lowest BCUT2D eigenvalue weighted by atomic mass is 10.0. The van der Waals surface area contributed by atoms with E-state index in [2.05, 4.69) is 13.5 Å². The van der Waals surface area contributed by atoms with E-state index in [-0.39, 0.29) is 19.0 Å². The first-order valence-electron chi connectivity index (χ1n) is 5.79. The molecular weight excluding hydrogens is 204 g/mol. The quantitative estimate of drug-likeness (QED) is 0.511. The van der Waals surface area contributed by atoms with Gasteiger partial charge in [-0.1, -0.05) is 39.0 Å². The normalized spacial score (nSPS) is 13.3. The number of carbonyl (C=O) groups excluding carboxylic acids is 1. The maximum absolute atomic E-state index is 11.2. The first-order valence-corrected chi connectivity index (χ1v) is 5.79. The van der Waals surface area contributed by atoms with Crippen LogP contribution in [-0.2, 0) is 9.53 Å². The number of aliphatic hydroxyl groups is 1. The van der Waals surface area contributed by atoms with Crippen molar-refractivity contribution in [1.29, 1.82) is 0 Å². The highest BCUT2D eigenvalue weighted by atomic mass is 16.5. The van der Waals surface area contributed by atoms with Crippen LogP contribution in [0.25, 0.3) is 0 Å². The topological polar surface area (TPSA) is 46.5 Å². The summed E-state index contributed by atoms with van der Waals surface area (Å²) in [7, 11) is 0. The molecule has 0 aliphatic heterocycles. The van der Waals surface area contributed by atoms with Crippen LogP contribution in [0.15, 0.2) is 24.3 Å². The molecule has 0 rings (SSSR count). The number of rotatable bonds is 8. The van der Waals surface area contributed by atoms with E-state index >= 15 is 0 Å². The van der Waals surface area contributed by atoms with Gasteiger partial charge in [0.2, 0.25) is 0 Å². The van der Waals surface area contributed by atoms with Crippen molar-refractivity contribution in [1.82, 2.24) is 0 Å². The van der Waals surface area contributed by atoms with Crippen molar-refractivity contribution in [2.75, 3.05) is 6.61 Å². The molecule has 0 radical (unpaired) electrons. The summed E-state index contributed by atoms with van der Waals surface area (Å²) >= 11 is 0. The fourth-order valence-corrected chi connectivity index (χ4v) is 1.35. The molecule has 3 heteroatoms. The Kier molecular flexibility index (Phi) is 8.53. The second kappa shape index (κ2) is 9.16. The predicted octanol–water partition coefficient (Wildman–Crippen LogP) is 2.60. The molecule has 0 aromatic rings. The third kappa shape index (κ3) is 6.40. The number of unbranched alkanes of at least 4 members (excludes halogenated alkanes) is 1. The second-order valence-electron chi connectivity index (χ2n) is 3.61. The van der Waals surface area contributed by atoms with E-state index < -0.39 is 6.10 Å². The summed E-state index contributed by atoms with van der Waals surface area (Å²) in [6.45, 7) is 7.70. The lowest BCUT2D eigenvalue weighted by Gasteiger charge is -2.12. The van der Waals surface area contributed by atoms with Crippen molar-refractivity contribution in [3.05, 3.63) is 24.3 Å². The third-order valence-corrected chi connectivity index (χ3v) is 2.25. The van der Waals surface area contributed by atoms with Gasteiger partial charge >= 0.3 is 5.97 Å². The molecule has 0 amide bonds. The Bertz CT molecular complexity index is 244. The Morgan fingerprint density at radius 3 is 2.69 bits per heavy atom. The fourth-order valence-electron chi connectivity index (χ4n) is 1.35. The van der Waals surface area contributed by atoms with Gasteiger partial charge < -0.3 is 9.84 Å². The van der Waals surface area contributed by atoms with Crippen molar-refractivity contribution in [2.24, 2.45) is 0 Å². The zero-order chi connectivity index (χ0) is 12.4. The number of esters is 1. The average molecular weight is 226 g/mol. The van der Waals surface area contributed by atoms with E-state index in [0.717, 1.165) is 24.8 Å². The zero-order valence-electron chi connectivity index (χ0n) is 10.2.